The summed E-state index contributed by atoms with van der Waals surface area (Å²) in [6.07, 6.45) is 15.5. The Morgan fingerprint density at radius 3 is 2.30 bits per heavy atom. The molecule has 2 heterocycles. The van der Waals surface area contributed by atoms with Crippen molar-refractivity contribution in [2.45, 2.75) is 71.1 Å². The highest BCUT2D eigenvalue weighted by Crippen LogP contribution is 2.19. The third kappa shape index (κ3) is 7.28. The maximum atomic E-state index is 11.4. The van der Waals surface area contributed by atoms with E-state index >= 15 is 0 Å². The van der Waals surface area contributed by atoms with Gasteiger partial charge in [0, 0.05) is 6.54 Å². The van der Waals surface area contributed by atoms with Gasteiger partial charge in [-0.3, -0.25) is 14.7 Å². The van der Waals surface area contributed by atoms with Gasteiger partial charge < -0.3 is 5.73 Å². The summed E-state index contributed by atoms with van der Waals surface area (Å²) in [5.41, 5.74) is 5.41. The molecule has 27 heavy (non-hydrogen) atoms. The summed E-state index contributed by atoms with van der Waals surface area (Å²) in [5, 5.41) is 14.1. The van der Waals surface area contributed by atoms with Crippen LogP contribution in [-0.4, -0.2) is 43.0 Å². The molecule has 9 heteroatoms. The molecular formula is C18H30N8O. The number of amides is 1. The predicted molar refractivity (Wildman–Crippen MR) is 104 cm³/mol. The summed E-state index contributed by atoms with van der Waals surface area (Å²) in [7, 11) is 0. The van der Waals surface area contributed by atoms with Crippen LogP contribution in [-0.2, 0) is 0 Å². The maximum absolute atomic E-state index is 11.4. The minimum absolute atomic E-state index is 0.115. The van der Waals surface area contributed by atoms with Crippen molar-refractivity contribution >= 4 is 17.7 Å². The molecule has 0 saturated heterocycles. The SMILES string of the molecule is CCCCCCCCCCCCN(c1cncc(C(N)=O)n1)c1nn[nH]n1. The Kier molecular flexibility index (Phi) is 9.15. The molecule has 0 unspecified atom stereocenters. The number of aromatic amines is 1. The molecule has 0 aliphatic heterocycles. The molecule has 0 aliphatic carbocycles. The van der Waals surface area contributed by atoms with Gasteiger partial charge in [-0.1, -0.05) is 69.8 Å². The molecule has 2 aromatic heterocycles. The van der Waals surface area contributed by atoms with E-state index in [0.717, 1.165) is 12.8 Å². The Bertz CT molecular complexity index is 661. The second-order valence-electron chi connectivity index (χ2n) is 6.67. The van der Waals surface area contributed by atoms with Crippen molar-refractivity contribution in [3.8, 4) is 0 Å². The fourth-order valence-corrected chi connectivity index (χ4v) is 2.95. The maximum Gasteiger partial charge on any atom is 0.271 e. The molecule has 0 aliphatic rings. The third-order valence-corrected chi connectivity index (χ3v) is 4.46. The lowest BCUT2D eigenvalue weighted by Gasteiger charge is -2.19. The molecule has 0 atom stereocenters. The van der Waals surface area contributed by atoms with E-state index in [1.807, 2.05) is 0 Å². The summed E-state index contributed by atoms with van der Waals surface area (Å²) < 4.78 is 0. The van der Waals surface area contributed by atoms with Gasteiger partial charge in [0.1, 0.15) is 5.69 Å². The molecular weight excluding hydrogens is 344 g/mol. The Labute approximate surface area is 160 Å². The monoisotopic (exact) mass is 374 g/mol. The molecule has 0 aromatic carbocycles. The summed E-state index contributed by atoms with van der Waals surface area (Å²) >= 11 is 0. The van der Waals surface area contributed by atoms with Crippen molar-refractivity contribution in [1.29, 1.82) is 0 Å². The number of tetrazole rings is 1. The van der Waals surface area contributed by atoms with Gasteiger partial charge in [-0.25, -0.2) is 4.98 Å². The molecule has 2 aromatic rings. The van der Waals surface area contributed by atoms with E-state index in [2.05, 4.69) is 37.5 Å². The van der Waals surface area contributed by atoms with Crippen molar-refractivity contribution in [1.82, 2.24) is 30.6 Å². The first kappa shape index (κ1) is 20.7. The van der Waals surface area contributed by atoms with Gasteiger partial charge in [-0.05, 0) is 11.6 Å². The largest absolute Gasteiger partial charge is 0.364 e. The average molecular weight is 374 g/mol. The predicted octanol–water partition coefficient (Wildman–Crippen LogP) is 3.15. The zero-order chi connectivity index (χ0) is 19.3. The van der Waals surface area contributed by atoms with E-state index in [0.29, 0.717) is 18.3 Å². The van der Waals surface area contributed by atoms with E-state index in [1.165, 1.54) is 57.6 Å². The van der Waals surface area contributed by atoms with Crippen molar-refractivity contribution in [2.75, 3.05) is 11.4 Å². The Hall–Kier alpha value is -2.58. The van der Waals surface area contributed by atoms with Crippen molar-refractivity contribution in [3.63, 3.8) is 0 Å². The molecule has 1 amide bonds. The van der Waals surface area contributed by atoms with Gasteiger partial charge in [0.05, 0.1) is 12.4 Å². The van der Waals surface area contributed by atoms with E-state index in [4.69, 9.17) is 5.73 Å². The fraction of sp³-hybridized carbons (Fsp3) is 0.667. The van der Waals surface area contributed by atoms with Crippen LogP contribution in [0.2, 0.25) is 0 Å². The third-order valence-electron chi connectivity index (χ3n) is 4.46. The van der Waals surface area contributed by atoms with Crippen LogP contribution in [0.15, 0.2) is 12.4 Å². The van der Waals surface area contributed by atoms with Gasteiger partial charge >= 0.3 is 0 Å². The number of nitrogens with two attached hydrogens (primary N) is 1. The summed E-state index contributed by atoms with van der Waals surface area (Å²) in [4.78, 5) is 21.5. The zero-order valence-corrected chi connectivity index (χ0v) is 16.1. The van der Waals surface area contributed by atoms with Gasteiger partial charge in [0.15, 0.2) is 5.82 Å². The van der Waals surface area contributed by atoms with E-state index in [-0.39, 0.29) is 5.69 Å². The molecule has 9 nitrogen and oxygen atoms in total. The van der Waals surface area contributed by atoms with Crippen LogP contribution >= 0.6 is 0 Å². The highest BCUT2D eigenvalue weighted by atomic mass is 16.1. The van der Waals surface area contributed by atoms with Crippen LogP contribution in [0.4, 0.5) is 11.8 Å². The smallest absolute Gasteiger partial charge is 0.271 e. The lowest BCUT2D eigenvalue weighted by molar-refractivity contribution is 0.0995. The standard InChI is InChI=1S/C18H30N8O/c1-2-3-4-5-6-7-8-9-10-11-12-26(18-22-24-25-23-18)16-14-20-13-15(21-16)17(19)27/h13-14H,2-12H2,1H3,(H2,19,27)(H,22,23,24,25). The average Bonchev–Trinajstić information content (AvgIpc) is 3.20. The first-order chi connectivity index (χ1) is 13.2. The van der Waals surface area contributed by atoms with Gasteiger partial charge in [0.2, 0.25) is 0 Å². The Morgan fingerprint density at radius 2 is 1.70 bits per heavy atom. The van der Waals surface area contributed by atoms with Crippen LogP contribution in [0.1, 0.15) is 81.6 Å². The Morgan fingerprint density at radius 1 is 1.04 bits per heavy atom. The van der Waals surface area contributed by atoms with Crippen molar-refractivity contribution in [2.24, 2.45) is 5.73 Å². The first-order valence-electron chi connectivity index (χ1n) is 9.85. The molecule has 148 valence electrons. The summed E-state index contributed by atoms with van der Waals surface area (Å²) in [6.45, 7) is 2.92. The molecule has 2 rings (SSSR count). The highest BCUT2D eigenvalue weighted by molar-refractivity contribution is 5.90. The fourth-order valence-electron chi connectivity index (χ4n) is 2.95. The molecule has 3 N–H and O–H groups in total. The summed E-state index contributed by atoms with van der Waals surface area (Å²) in [5.74, 6) is 0.279. The number of aromatic nitrogens is 6. The number of nitrogens with one attached hydrogen (secondary N) is 1. The molecule has 0 saturated carbocycles. The number of hydrogen-bond acceptors (Lipinski definition) is 7. The van der Waals surface area contributed by atoms with Gasteiger partial charge in [-0.15, -0.1) is 5.10 Å². The normalized spacial score (nSPS) is 10.9. The molecule has 0 fully saturated rings. The highest BCUT2D eigenvalue weighted by Gasteiger charge is 2.16. The second-order valence-corrected chi connectivity index (χ2v) is 6.67. The zero-order valence-electron chi connectivity index (χ0n) is 16.1. The van der Waals surface area contributed by atoms with Crippen LogP contribution in [0, 0.1) is 0 Å². The van der Waals surface area contributed by atoms with Gasteiger partial charge in [0.25, 0.3) is 11.9 Å². The molecule has 0 radical (unpaired) electrons. The topological polar surface area (TPSA) is 127 Å². The van der Waals surface area contributed by atoms with Crippen molar-refractivity contribution in [3.05, 3.63) is 18.1 Å². The number of carbonyl (C=O) groups excluding carboxylic acids is 1. The number of unbranched alkanes of at least 4 members (excludes halogenated alkanes) is 9. The second kappa shape index (κ2) is 11.9. The molecule has 0 spiro atoms. The lowest BCUT2D eigenvalue weighted by atomic mass is 10.1. The van der Waals surface area contributed by atoms with Crippen LogP contribution in [0.5, 0.6) is 0 Å². The Balaban J connectivity index is 1.78. The number of carbonyl (C=O) groups is 1. The minimum atomic E-state index is -0.614. The van der Waals surface area contributed by atoms with E-state index in [1.54, 1.807) is 11.1 Å². The number of anilines is 2. The lowest BCUT2D eigenvalue weighted by Crippen LogP contribution is -2.23. The number of nitrogens with zero attached hydrogens (tertiary/aromatic N) is 6. The van der Waals surface area contributed by atoms with E-state index in [9.17, 15) is 4.79 Å². The number of hydrogen-bond donors (Lipinski definition) is 2. The number of primary amides is 1. The summed E-state index contributed by atoms with van der Waals surface area (Å²) in [6, 6.07) is 0. The van der Waals surface area contributed by atoms with E-state index < -0.39 is 5.91 Å². The van der Waals surface area contributed by atoms with Crippen LogP contribution in [0.3, 0.4) is 0 Å². The number of H-pyrrole nitrogens is 1. The minimum Gasteiger partial charge on any atom is -0.364 e. The van der Waals surface area contributed by atoms with Crippen LogP contribution in [0.25, 0.3) is 0 Å². The number of rotatable bonds is 14. The quantitative estimate of drug-likeness (QED) is 0.486. The van der Waals surface area contributed by atoms with Gasteiger partial charge in [-0.2, -0.15) is 5.21 Å². The van der Waals surface area contributed by atoms with Crippen LogP contribution < -0.4 is 10.6 Å². The first-order valence-corrected chi connectivity index (χ1v) is 9.85. The molecule has 0 bridgehead atoms. The van der Waals surface area contributed by atoms with Crippen molar-refractivity contribution < 1.29 is 4.79 Å².